The van der Waals surface area contributed by atoms with Crippen molar-refractivity contribution in [3.8, 4) is 0 Å². The van der Waals surface area contributed by atoms with Crippen molar-refractivity contribution in [1.29, 1.82) is 0 Å². The van der Waals surface area contributed by atoms with Gasteiger partial charge in [0.1, 0.15) is 0 Å². The quantitative estimate of drug-likeness (QED) is 0.872. The zero-order chi connectivity index (χ0) is 13.9. The maximum absolute atomic E-state index is 12.3. The SMILES string of the molecule is COC1CNCC1NC(=O)c1ccc2ncccc2c1. The fraction of sp³-hybridized carbons (Fsp3) is 0.333. The number of nitrogens with zero attached hydrogens (tertiary/aromatic N) is 1. The molecule has 0 radical (unpaired) electrons. The number of methoxy groups -OCH3 is 1. The van der Waals surface area contributed by atoms with E-state index in [9.17, 15) is 4.79 Å². The van der Waals surface area contributed by atoms with E-state index in [2.05, 4.69) is 15.6 Å². The summed E-state index contributed by atoms with van der Waals surface area (Å²) in [7, 11) is 1.67. The molecule has 1 fully saturated rings. The van der Waals surface area contributed by atoms with E-state index in [4.69, 9.17) is 4.74 Å². The van der Waals surface area contributed by atoms with Crippen LogP contribution in [0.3, 0.4) is 0 Å². The maximum Gasteiger partial charge on any atom is 0.251 e. The van der Waals surface area contributed by atoms with E-state index in [0.29, 0.717) is 5.56 Å². The summed E-state index contributed by atoms with van der Waals surface area (Å²) in [6, 6.07) is 9.36. The van der Waals surface area contributed by atoms with E-state index in [0.717, 1.165) is 24.0 Å². The van der Waals surface area contributed by atoms with Gasteiger partial charge in [-0.15, -0.1) is 0 Å². The lowest BCUT2D eigenvalue weighted by atomic mass is 10.1. The Hall–Kier alpha value is -1.98. The topological polar surface area (TPSA) is 63.2 Å². The number of rotatable bonds is 3. The Morgan fingerprint density at radius 1 is 1.40 bits per heavy atom. The van der Waals surface area contributed by atoms with Crippen molar-refractivity contribution in [2.45, 2.75) is 12.1 Å². The summed E-state index contributed by atoms with van der Waals surface area (Å²) >= 11 is 0. The average molecular weight is 271 g/mol. The first kappa shape index (κ1) is 13.0. The Morgan fingerprint density at radius 2 is 2.30 bits per heavy atom. The molecule has 2 N–H and O–H groups in total. The Balaban J connectivity index is 1.78. The Kier molecular flexibility index (Phi) is 3.62. The summed E-state index contributed by atoms with van der Waals surface area (Å²) in [5, 5.41) is 7.19. The fourth-order valence-corrected chi connectivity index (χ4v) is 2.51. The van der Waals surface area contributed by atoms with Gasteiger partial charge in [-0.3, -0.25) is 9.78 Å². The molecule has 1 aromatic heterocycles. The lowest BCUT2D eigenvalue weighted by Gasteiger charge is -2.18. The molecule has 1 amide bonds. The molecule has 2 unspecified atom stereocenters. The maximum atomic E-state index is 12.3. The molecule has 1 aromatic carbocycles. The molecule has 0 aliphatic carbocycles. The summed E-state index contributed by atoms with van der Waals surface area (Å²) in [6.07, 6.45) is 1.77. The molecule has 2 aromatic rings. The van der Waals surface area contributed by atoms with Gasteiger partial charge in [-0.1, -0.05) is 6.07 Å². The number of hydrogen-bond donors (Lipinski definition) is 2. The van der Waals surface area contributed by atoms with Crippen LogP contribution < -0.4 is 10.6 Å². The van der Waals surface area contributed by atoms with E-state index in [-0.39, 0.29) is 18.1 Å². The lowest BCUT2D eigenvalue weighted by molar-refractivity contribution is 0.0780. The third-order valence-corrected chi connectivity index (χ3v) is 3.64. The molecule has 0 bridgehead atoms. The highest BCUT2D eigenvalue weighted by atomic mass is 16.5. The van der Waals surface area contributed by atoms with Gasteiger partial charge in [-0.05, 0) is 24.3 Å². The van der Waals surface area contributed by atoms with Gasteiger partial charge in [0.05, 0.1) is 17.7 Å². The largest absolute Gasteiger partial charge is 0.378 e. The van der Waals surface area contributed by atoms with Gasteiger partial charge in [0.25, 0.3) is 5.91 Å². The highest BCUT2D eigenvalue weighted by Gasteiger charge is 2.28. The van der Waals surface area contributed by atoms with Crippen molar-refractivity contribution >= 4 is 16.8 Å². The van der Waals surface area contributed by atoms with Gasteiger partial charge < -0.3 is 15.4 Å². The van der Waals surface area contributed by atoms with Crippen molar-refractivity contribution in [2.24, 2.45) is 0 Å². The molecule has 5 heteroatoms. The highest BCUT2D eigenvalue weighted by molar-refractivity contribution is 5.98. The number of ether oxygens (including phenoxy) is 1. The van der Waals surface area contributed by atoms with Gasteiger partial charge in [-0.25, -0.2) is 0 Å². The number of carbonyl (C=O) groups excluding carboxylic acids is 1. The van der Waals surface area contributed by atoms with Crippen molar-refractivity contribution < 1.29 is 9.53 Å². The summed E-state index contributed by atoms with van der Waals surface area (Å²) in [4.78, 5) is 16.5. The lowest BCUT2D eigenvalue weighted by Crippen LogP contribution is -2.43. The molecule has 2 heterocycles. The molecule has 2 atom stereocenters. The van der Waals surface area contributed by atoms with Crippen LogP contribution in [-0.2, 0) is 4.74 Å². The van der Waals surface area contributed by atoms with Crippen LogP contribution in [0.15, 0.2) is 36.5 Å². The Labute approximate surface area is 117 Å². The van der Waals surface area contributed by atoms with Crippen LogP contribution in [0.1, 0.15) is 10.4 Å². The molecule has 5 nitrogen and oxygen atoms in total. The minimum atomic E-state index is -0.0773. The van der Waals surface area contributed by atoms with Gasteiger partial charge >= 0.3 is 0 Å². The predicted octanol–water partition coefficient (Wildman–Crippen LogP) is 0.951. The van der Waals surface area contributed by atoms with Crippen LogP contribution in [0.4, 0.5) is 0 Å². The third kappa shape index (κ3) is 2.50. The first-order valence-electron chi connectivity index (χ1n) is 6.67. The number of aromatic nitrogens is 1. The smallest absolute Gasteiger partial charge is 0.251 e. The van der Waals surface area contributed by atoms with Crippen LogP contribution in [0.25, 0.3) is 10.9 Å². The summed E-state index contributed by atoms with van der Waals surface area (Å²) < 4.78 is 5.34. The number of carbonyl (C=O) groups is 1. The molecular weight excluding hydrogens is 254 g/mol. The number of fused-ring (bicyclic) bond motifs is 1. The monoisotopic (exact) mass is 271 g/mol. The summed E-state index contributed by atoms with van der Waals surface area (Å²) in [5.41, 5.74) is 1.54. The molecule has 0 spiro atoms. The van der Waals surface area contributed by atoms with Crippen molar-refractivity contribution in [3.63, 3.8) is 0 Å². The molecule has 1 aliphatic heterocycles. The van der Waals surface area contributed by atoms with Crippen LogP contribution >= 0.6 is 0 Å². The van der Waals surface area contributed by atoms with Crippen LogP contribution in [0.5, 0.6) is 0 Å². The van der Waals surface area contributed by atoms with Crippen molar-refractivity contribution in [3.05, 3.63) is 42.1 Å². The van der Waals surface area contributed by atoms with Crippen LogP contribution in [-0.4, -0.2) is 43.2 Å². The molecule has 104 valence electrons. The number of hydrogen-bond acceptors (Lipinski definition) is 4. The van der Waals surface area contributed by atoms with Crippen molar-refractivity contribution in [2.75, 3.05) is 20.2 Å². The molecule has 1 aliphatic rings. The molecular formula is C15H17N3O2. The molecule has 0 saturated carbocycles. The number of benzene rings is 1. The third-order valence-electron chi connectivity index (χ3n) is 3.64. The number of nitrogens with one attached hydrogen (secondary N) is 2. The molecule has 20 heavy (non-hydrogen) atoms. The molecule has 3 rings (SSSR count). The first-order valence-corrected chi connectivity index (χ1v) is 6.67. The standard InChI is InChI=1S/C15H17N3O2/c1-20-14-9-16-8-13(14)18-15(19)11-4-5-12-10(7-11)3-2-6-17-12/h2-7,13-14,16H,8-9H2,1H3,(H,18,19). The second-order valence-electron chi connectivity index (χ2n) is 4.92. The minimum absolute atomic E-state index is 0.0112. The zero-order valence-electron chi connectivity index (χ0n) is 11.3. The van der Waals surface area contributed by atoms with E-state index in [1.807, 2.05) is 24.3 Å². The van der Waals surface area contributed by atoms with Gasteiger partial charge in [-0.2, -0.15) is 0 Å². The van der Waals surface area contributed by atoms with Crippen LogP contribution in [0.2, 0.25) is 0 Å². The van der Waals surface area contributed by atoms with E-state index < -0.39 is 0 Å². The summed E-state index contributed by atoms with van der Waals surface area (Å²) in [6.45, 7) is 1.50. The minimum Gasteiger partial charge on any atom is -0.378 e. The highest BCUT2D eigenvalue weighted by Crippen LogP contribution is 2.14. The normalized spacial score (nSPS) is 22.1. The second-order valence-corrected chi connectivity index (χ2v) is 4.92. The van der Waals surface area contributed by atoms with Gasteiger partial charge in [0.15, 0.2) is 0 Å². The average Bonchev–Trinajstić information content (AvgIpc) is 2.94. The van der Waals surface area contributed by atoms with E-state index in [1.54, 1.807) is 19.4 Å². The van der Waals surface area contributed by atoms with E-state index >= 15 is 0 Å². The van der Waals surface area contributed by atoms with Crippen molar-refractivity contribution in [1.82, 2.24) is 15.6 Å². The predicted molar refractivity (Wildman–Crippen MR) is 76.7 cm³/mol. The zero-order valence-corrected chi connectivity index (χ0v) is 11.3. The van der Waals surface area contributed by atoms with Crippen LogP contribution in [0, 0.1) is 0 Å². The second kappa shape index (κ2) is 5.56. The molecule has 1 saturated heterocycles. The van der Waals surface area contributed by atoms with E-state index in [1.165, 1.54) is 0 Å². The fourth-order valence-electron chi connectivity index (χ4n) is 2.51. The number of amides is 1. The Morgan fingerprint density at radius 3 is 3.15 bits per heavy atom. The number of pyridine rings is 1. The van der Waals surface area contributed by atoms with Gasteiger partial charge in [0.2, 0.25) is 0 Å². The first-order chi connectivity index (χ1) is 9.78. The Bertz CT molecular complexity index is 629. The summed E-state index contributed by atoms with van der Waals surface area (Å²) in [5.74, 6) is -0.0773. The van der Waals surface area contributed by atoms with Gasteiger partial charge in [0, 0.05) is 37.3 Å².